The van der Waals surface area contributed by atoms with Gasteiger partial charge in [0, 0.05) is 32.7 Å². The molecule has 0 unspecified atom stereocenters. The average Bonchev–Trinajstić information content (AvgIpc) is 2.61. The number of hydrogen-bond donors (Lipinski definition) is 1. The fourth-order valence-electron chi connectivity index (χ4n) is 2.86. The van der Waals surface area contributed by atoms with Crippen LogP contribution in [-0.4, -0.2) is 56.3 Å². The van der Waals surface area contributed by atoms with Crippen molar-refractivity contribution in [3.8, 4) is 0 Å². The Kier molecular flexibility index (Phi) is 6.73. The van der Waals surface area contributed by atoms with Crippen LogP contribution in [0.2, 0.25) is 0 Å². The van der Waals surface area contributed by atoms with Crippen molar-refractivity contribution >= 4 is 16.2 Å². The van der Waals surface area contributed by atoms with Gasteiger partial charge < -0.3 is 10.5 Å². The maximum atomic E-state index is 12.9. The molecule has 2 rings (SSSR count). The number of ether oxygens (including phenoxy) is 1. The van der Waals surface area contributed by atoms with Gasteiger partial charge in [0.1, 0.15) is 0 Å². The molecule has 0 bridgehead atoms. The van der Waals surface area contributed by atoms with Gasteiger partial charge in [-0.1, -0.05) is 30.3 Å². The second-order valence-electron chi connectivity index (χ2n) is 5.81. The number of esters is 1. The first kappa shape index (κ1) is 18.9. The van der Waals surface area contributed by atoms with Crippen molar-refractivity contribution in [1.82, 2.24) is 8.61 Å². The maximum Gasteiger partial charge on any atom is 0.308 e. The van der Waals surface area contributed by atoms with E-state index in [-0.39, 0.29) is 31.5 Å². The molecule has 8 heteroatoms. The SMILES string of the molecule is COC(=O)C1CCN(S(=O)(=O)N(CCN)Cc2ccccc2)CC1. The molecule has 0 saturated carbocycles. The van der Waals surface area contributed by atoms with Gasteiger partial charge in [-0.25, -0.2) is 0 Å². The van der Waals surface area contributed by atoms with Crippen LogP contribution >= 0.6 is 0 Å². The molecule has 1 fully saturated rings. The predicted octanol–water partition coefficient (Wildman–Crippen LogP) is 0.577. The average molecular weight is 355 g/mol. The molecular formula is C16H25N3O4S. The van der Waals surface area contributed by atoms with Crippen LogP contribution in [0.5, 0.6) is 0 Å². The molecule has 1 aromatic carbocycles. The molecule has 0 aromatic heterocycles. The van der Waals surface area contributed by atoms with Gasteiger partial charge in [0.05, 0.1) is 13.0 Å². The van der Waals surface area contributed by atoms with E-state index in [1.807, 2.05) is 30.3 Å². The highest BCUT2D eigenvalue weighted by Crippen LogP contribution is 2.23. The fourth-order valence-corrected chi connectivity index (χ4v) is 4.51. The molecule has 2 N–H and O–H groups in total. The lowest BCUT2D eigenvalue weighted by Gasteiger charge is -2.34. The van der Waals surface area contributed by atoms with E-state index in [2.05, 4.69) is 0 Å². The summed E-state index contributed by atoms with van der Waals surface area (Å²) >= 11 is 0. The van der Waals surface area contributed by atoms with E-state index >= 15 is 0 Å². The largest absolute Gasteiger partial charge is 0.469 e. The van der Waals surface area contributed by atoms with E-state index in [4.69, 9.17) is 10.5 Å². The molecule has 1 saturated heterocycles. The molecule has 134 valence electrons. The zero-order valence-electron chi connectivity index (χ0n) is 13.9. The normalized spacial score (nSPS) is 17.1. The minimum atomic E-state index is -3.61. The van der Waals surface area contributed by atoms with Crippen molar-refractivity contribution < 1.29 is 17.9 Å². The lowest BCUT2D eigenvalue weighted by Crippen LogP contribution is -2.48. The summed E-state index contributed by atoms with van der Waals surface area (Å²) in [6, 6.07) is 9.43. The van der Waals surface area contributed by atoms with E-state index in [9.17, 15) is 13.2 Å². The second-order valence-corrected chi connectivity index (χ2v) is 7.74. The third kappa shape index (κ3) is 4.54. The molecule has 0 radical (unpaired) electrons. The topological polar surface area (TPSA) is 92.9 Å². The quantitative estimate of drug-likeness (QED) is 0.722. The Hall–Kier alpha value is -1.48. The van der Waals surface area contributed by atoms with Crippen LogP contribution in [0.25, 0.3) is 0 Å². The van der Waals surface area contributed by atoms with Crippen LogP contribution in [0.3, 0.4) is 0 Å². The number of hydrogen-bond acceptors (Lipinski definition) is 5. The summed E-state index contributed by atoms with van der Waals surface area (Å²) in [5, 5.41) is 0. The summed E-state index contributed by atoms with van der Waals surface area (Å²) in [4.78, 5) is 11.6. The molecule has 1 aromatic rings. The minimum Gasteiger partial charge on any atom is -0.469 e. The van der Waals surface area contributed by atoms with Crippen LogP contribution in [-0.2, 0) is 26.3 Å². The highest BCUT2D eigenvalue weighted by Gasteiger charge is 2.34. The first-order chi connectivity index (χ1) is 11.5. The zero-order chi connectivity index (χ0) is 17.6. The summed E-state index contributed by atoms with van der Waals surface area (Å²) in [5.41, 5.74) is 6.52. The van der Waals surface area contributed by atoms with E-state index in [0.717, 1.165) is 5.56 Å². The number of nitrogens with zero attached hydrogens (tertiary/aromatic N) is 2. The summed E-state index contributed by atoms with van der Waals surface area (Å²) in [6.07, 6.45) is 0.960. The third-order valence-corrected chi connectivity index (χ3v) is 6.20. The van der Waals surface area contributed by atoms with Gasteiger partial charge in [-0.3, -0.25) is 4.79 Å². The summed E-state index contributed by atoms with van der Waals surface area (Å²) in [6.45, 7) is 1.44. The third-order valence-electron chi connectivity index (χ3n) is 4.22. The number of nitrogens with two attached hydrogens (primary N) is 1. The molecule has 0 amide bonds. The monoisotopic (exact) mass is 355 g/mol. The van der Waals surface area contributed by atoms with Crippen molar-refractivity contribution in [3.63, 3.8) is 0 Å². The summed E-state index contributed by atoms with van der Waals surface area (Å²) in [5.74, 6) is -0.492. The van der Waals surface area contributed by atoms with E-state index in [0.29, 0.717) is 25.9 Å². The maximum absolute atomic E-state index is 12.9. The van der Waals surface area contributed by atoms with Crippen molar-refractivity contribution in [3.05, 3.63) is 35.9 Å². The lowest BCUT2D eigenvalue weighted by molar-refractivity contribution is -0.146. The Morgan fingerprint density at radius 2 is 1.92 bits per heavy atom. The van der Waals surface area contributed by atoms with Crippen LogP contribution in [0.15, 0.2) is 30.3 Å². The first-order valence-electron chi connectivity index (χ1n) is 8.06. The van der Waals surface area contributed by atoms with Crippen LogP contribution in [0.4, 0.5) is 0 Å². The molecule has 7 nitrogen and oxygen atoms in total. The van der Waals surface area contributed by atoms with Crippen molar-refractivity contribution in [2.45, 2.75) is 19.4 Å². The predicted molar refractivity (Wildman–Crippen MR) is 91.1 cm³/mol. The number of piperidine rings is 1. The van der Waals surface area contributed by atoms with Crippen molar-refractivity contribution in [1.29, 1.82) is 0 Å². The Bertz CT molecular complexity index is 628. The molecular weight excluding hydrogens is 330 g/mol. The smallest absolute Gasteiger partial charge is 0.308 e. The van der Waals surface area contributed by atoms with Crippen molar-refractivity contribution in [2.75, 3.05) is 33.3 Å². The molecule has 1 heterocycles. The number of benzene rings is 1. The Labute approximate surface area is 143 Å². The molecule has 1 aliphatic heterocycles. The molecule has 0 aliphatic carbocycles. The number of carbonyl (C=O) groups is 1. The Morgan fingerprint density at radius 1 is 1.29 bits per heavy atom. The van der Waals surface area contributed by atoms with E-state index < -0.39 is 10.2 Å². The summed E-state index contributed by atoms with van der Waals surface area (Å²) in [7, 11) is -2.25. The van der Waals surface area contributed by atoms with E-state index in [1.54, 1.807) is 0 Å². The fraction of sp³-hybridized carbons (Fsp3) is 0.562. The first-order valence-corrected chi connectivity index (χ1v) is 9.45. The Morgan fingerprint density at radius 3 is 2.46 bits per heavy atom. The molecule has 24 heavy (non-hydrogen) atoms. The molecule has 1 aliphatic rings. The highest BCUT2D eigenvalue weighted by atomic mass is 32.2. The zero-order valence-corrected chi connectivity index (χ0v) is 14.7. The van der Waals surface area contributed by atoms with Gasteiger partial charge in [0.15, 0.2) is 0 Å². The highest BCUT2D eigenvalue weighted by molar-refractivity contribution is 7.86. The van der Waals surface area contributed by atoms with Crippen LogP contribution in [0, 0.1) is 5.92 Å². The lowest BCUT2D eigenvalue weighted by atomic mass is 9.99. The van der Waals surface area contributed by atoms with Gasteiger partial charge in [-0.2, -0.15) is 17.0 Å². The van der Waals surface area contributed by atoms with Gasteiger partial charge in [-0.15, -0.1) is 0 Å². The van der Waals surface area contributed by atoms with Gasteiger partial charge in [-0.05, 0) is 18.4 Å². The number of methoxy groups -OCH3 is 1. The molecule has 0 spiro atoms. The van der Waals surface area contributed by atoms with Crippen LogP contribution in [0.1, 0.15) is 18.4 Å². The van der Waals surface area contributed by atoms with Gasteiger partial charge in [0.2, 0.25) is 0 Å². The standard InChI is InChI=1S/C16H25N3O4S/c1-23-16(20)15-7-10-18(11-8-15)24(21,22)19(12-9-17)13-14-5-3-2-4-6-14/h2-6,15H,7-13,17H2,1H3. The van der Waals surface area contributed by atoms with Gasteiger partial charge in [0.25, 0.3) is 10.2 Å². The second kappa shape index (κ2) is 8.57. The summed E-state index contributed by atoms with van der Waals surface area (Å²) < 4.78 is 33.4. The number of rotatable bonds is 7. The van der Waals surface area contributed by atoms with Crippen LogP contribution < -0.4 is 5.73 Å². The minimum absolute atomic E-state index is 0.224. The Balaban J connectivity index is 2.07. The molecule has 0 atom stereocenters. The van der Waals surface area contributed by atoms with Crippen molar-refractivity contribution in [2.24, 2.45) is 11.7 Å². The van der Waals surface area contributed by atoms with E-state index in [1.165, 1.54) is 15.7 Å². The number of carbonyl (C=O) groups excluding carboxylic acids is 1. The van der Waals surface area contributed by atoms with Gasteiger partial charge >= 0.3 is 5.97 Å².